The van der Waals surface area contributed by atoms with E-state index in [0.717, 1.165) is 0 Å². The van der Waals surface area contributed by atoms with Crippen LogP contribution in [0.3, 0.4) is 0 Å². The fraction of sp³-hybridized carbons (Fsp3) is 0.333. The molecule has 0 saturated carbocycles. The average molecular weight is 194 g/mol. The molecule has 0 aliphatic rings. The molecule has 0 saturated heterocycles. The van der Waals surface area contributed by atoms with Crippen LogP contribution in [-0.4, -0.2) is 28.6 Å². The van der Waals surface area contributed by atoms with Crippen molar-refractivity contribution in [1.82, 2.24) is 10.2 Å². The van der Waals surface area contributed by atoms with Gasteiger partial charge in [-0.1, -0.05) is 0 Å². The zero-order valence-corrected chi connectivity index (χ0v) is 7.77. The lowest BCUT2D eigenvalue weighted by molar-refractivity contribution is -0.141. The average Bonchev–Trinajstić information content (AvgIpc) is 2.19. The molecule has 14 heavy (non-hydrogen) atoms. The number of ether oxygens (including phenoxy) is 1. The zero-order valence-electron chi connectivity index (χ0n) is 7.77. The first-order chi connectivity index (χ1) is 6.74. The number of carbonyl (C=O) groups excluding carboxylic acids is 2. The molecule has 0 unspecified atom stereocenters. The normalized spacial score (nSPS) is 9.50. The number of Topliss-reactive ketones (excluding diaryl/α,β-unsaturated/α-hetero) is 1. The molecule has 0 N–H and O–H groups in total. The number of nitrogens with zero attached hydrogens (tertiary/aromatic N) is 2. The van der Waals surface area contributed by atoms with Gasteiger partial charge in [0.15, 0.2) is 5.78 Å². The Morgan fingerprint density at radius 1 is 1.43 bits per heavy atom. The van der Waals surface area contributed by atoms with Crippen LogP contribution in [0.15, 0.2) is 18.5 Å². The van der Waals surface area contributed by atoms with Crippen LogP contribution < -0.4 is 0 Å². The van der Waals surface area contributed by atoms with Crippen molar-refractivity contribution in [2.24, 2.45) is 0 Å². The number of esters is 1. The highest BCUT2D eigenvalue weighted by atomic mass is 16.5. The minimum atomic E-state index is -0.519. The molecule has 0 aliphatic heterocycles. The topological polar surface area (TPSA) is 69.2 Å². The van der Waals surface area contributed by atoms with E-state index in [1.54, 1.807) is 6.92 Å². The van der Waals surface area contributed by atoms with Crippen LogP contribution in [0.4, 0.5) is 0 Å². The molecule has 0 fully saturated rings. The van der Waals surface area contributed by atoms with E-state index < -0.39 is 5.97 Å². The van der Waals surface area contributed by atoms with E-state index in [0.29, 0.717) is 5.56 Å². The second-order valence-electron chi connectivity index (χ2n) is 2.54. The Morgan fingerprint density at radius 2 is 2.21 bits per heavy atom. The molecule has 0 bridgehead atoms. The minimum Gasteiger partial charge on any atom is -0.466 e. The quantitative estimate of drug-likeness (QED) is 0.399. The van der Waals surface area contributed by atoms with Crippen molar-refractivity contribution in [2.45, 2.75) is 13.3 Å². The summed E-state index contributed by atoms with van der Waals surface area (Å²) in [5, 5.41) is 7.06. The van der Waals surface area contributed by atoms with Crippen molar-refractivity contribution in [3.8, 4) is 0 Å². The molecule has 0 amide bonds. The highest BCUT2D eigenvalue weighted by Crippen LogP contribution is 2.00. The second kappa shape index (κ2) is 5.06. The Labute approximate surface area is 81.1 Å². The second-order valence-corrected chi connectivity index (χ2v) is 2.54. The number of hydrogen-bond acceptors (Lipinski definition) is 5. The molecular formula is C9H10N2O3. The van der Waals surface area contributed by atoms with Crippen LogP contribution >= 0.6 is 0 Å². The fourth-order valence-electron chi connectivity index (χ4n) is 0.901. The predicted molar refractivity (Wildman–Crippen MR) is 47.6 cm³/mol. The molecule has 1 aromatic heterocycles. The molecule has 1 rings (SSSR count). The maximum absolute atomic E-state index is 11.4. The lowest BCUT2D eigenvalue weighted by atomic mass is 10.1. The van der Waals surface area contributed by atoms with Crippen LogP contribution in [-0.2, 0) is 9.53 Å². The zero-order chi connectivity index (χ0) is 10.4. The van der Waals surface area contributed by atoms with Crippen LogP contribution in [0.5, 0.6) is 0 Å². The first-order valence-electron chi connectivity index (χ1n) is 4.19. The largest absolute Gasteiger partial charge is 0.466 e. The summed E-state index contributed by atoms with van der Waals surface area (Å²) >= 11 is 0. The molecule has 0 aromatic carbocycles. The van der Waals surface area contributed by atoms with Crippen molar-refractivity contribution in [1.29, 1.82) is 0 Å². The lowest BCUT2D eigenvalue weighted by Crippen LogP contribution is -2.11. The molecule has 5 heteroatoms. The first kappa shape index (κ1) is 10.3. The summed E-state index contributed by atoms with van der Waals surface area (Å²) in [5.74, 6) is -0.826. The molecule has 0 atom stereocenters. The Hall–Kier alpha value is -1.78. The fourth-order valence-corrected chi connectivity index (χ4v) is 0.901. The number of hydrogen-bond donors (Lipinski definition) is 0. The Balaban J connectivity index is 2.55. The Kier molecular flexibility index (Phi) is 3.72. The summed E-state index contributed by atoms with van der Waals surface area (Å²) in [6, 6.07) is 1.51. The van der Waals surface area contributed by atoms with Crippen molar-refractivity contribution < 1.29 is 14.3 Å². The third-order valence-electron chi connectivity index (χ3n) is 1.52. The van der Waals surface area contributed by atoms with Crippen molar-refractivity contribution in [2.75, 3.05) is 6.61 Å². The molecule has 5 nitrogen and oxygen atoms in total. The van der Waals surface area contributed by atoms with Crippen molar-refractivity contribution in [3.63, 3.8) is 0 Å². The van der Waals surface area contributed by atoms with Crippen LogP contribution in [0.2, 0.25) is 0 Å². The van der Waals surface area contributed by atoms with Gasteiger partial charge in [-0.2, -0.15) is 10.2 Å². The van der Waals surface area contributed by atoms with Crippen LogP contribution in [0.1, 0.15) is 23.7 Å². The number of rotatable bonds is 4. The standard InChI is InChI=1S/C9H10N2O3/c1-2-14-9(13)5-8(12)7-3-4-10-11-6-7/h3-4,6H,2,5H2,1H3. The first-order valence-corrected chi connectivity index (χ1v) is 4.19. The van der Waals surface area contributed by atoms with Gasteiger partial charge in [-0.25, -0.2) is 0 Å². The third-order valence-corrected chi connectivity index (χ3v) is 1.52. The maximum Gasteiger partial charge on any atom is 0.313 e. The third kappa shape index (κ3) is 2.93. The van der Waals surface area contributed by atoms with E-state index in [1.165, 1.54) is 18.5 Å². The van der Waals surface area contributed by atoms with Gasteiger partial charge in [0.2, 0.25) is 0 Å². The number of ketones is 1. The van der Waals surface area contributed by atoms with E-state index in [2.05, 4.69) is 14.9 Å². The molecule has 0 spiro atoms. The van der Waals surface area contributed by atoms with E-state index in [9.17, 15) is 9.59 Å². The van der Waals surface area contributed by atoms with Gasteiger partial charge < -0.3 is 4.74 Å². The van der Waals surface area contributed by atoms with Gasteiger partial charge in [0.25, 0.3) is 0 Å². The van der Waals surface area contributed by atoms with Gasteiger partial charge >= 0.3 is 5.97 Å². The number of carbonyl (C=O) groups is 2. The van der Waals surface area contributed by atoms with E-state index in [4.69, 9.17) is 0 Å². The highest BCUT2D eigenvalue weighted by Gasteiger charge is 2.12. The molecule has 74 valence electrons. The Morgan fingerprint density at radius 3 is 2.79 bits per heavy atom. The van der Waals surface area contributed by atoms with Gasteiger partial charge in [-0.15, -0.1) is 0 Å². The summed E-state index contributed by atoms with van der Waals surface area (Å²) in [5.41, 5.74) is 0.369. The lowest BCUT2D eigenvalue weighted by Gasteiger charge is -2.00. The molecule has 0 radical (unpaired) electrons. The maximum atomic E-state index is 11.4. The van der Waals surface area contributed by atoms with E-state index in [1.807, 2.05) is 0 Å². The van der Waals surface area contributed by atoms with Gasteiger partial charge in [0.1, 0.15) is 6.42 Å². The molecule has 1 aromatic rings. The predicted octanol–water partition coefficient (Wildman–Crippen LogP) is 0.612. The van der Waals surface area contributed by atoms with Crippen molar-refractivity contribution in [3.05, 3.63) is 24.0 Å². The summed E-state index contributed by atoms with van der Waals surface area (Å²) < 4.78 is 4.64. The molecular weight excluding hydrogens is 184 g/mol. The summed E-state index contributed by atoms with van der Waals surface area (Å²) in [6.07, 6.45) is 2.47. The highest BCUT2D eigenvalue weighted by molar-refractivity contribution is 6.05. The van der Waals surface area contributed by atoms with Crippen LogP contribution in [0.25, 0.3) is 0 Å². The Bertz CT molecular complexity index is 324. The monoisotopic (exact) mass is 194 g/mol. The summed E-state index contributed by atoms with van der Waals surface area (Å²) in [6.45, 7) is 1.97. The SMILES string of the molecule is CCOC(=O)CC(=O)c1ccnnc1. The summed E-state index contributed by atoms with van der Waals surface area (Å²) in [4.78, 5) is 22.3. The minimum absolute atomic E-state index is 0.250. The van der Waals surface area contributed by atoms with Gasteiger partial charge in [0, 0.05) is 5.56 Å². The van der Waals surface area contributed by atoms with Gasteiger partial charge in [0.05, 0.1) is 19.0 Å². The van der Waals surface area contributed by atoms with Crippen LogP contribution in [0, 0.1) is 0 Å². The van der Waals surface area contributed by atoms with Gasteiger partial charge in [-0.05, 0) is 13.0 Å². The van der Waals surface area contributed by atoms with E-state index >= 15 is 0 Å². The summed E-state index contributed by atoms with van der Waals surface area (Å²) in [7, 11) is 0. The van der Waals surface area contributed by atoms with Gasteiger partial charge in [-0.3, -0.25) is 9.59 Å². The molecule has 1 heterocycles. The smallest absolute Gasteiger partial charge is 0.313 e. The van der Waals surface area contributed by atoms with Crippen molar-refractivity contribution >= 4 is 11.8 Å². The number of aromatic nitrogens is 2. The molecule has 0 aliphatic carbocycles. The van der Waals surface area contributed by atoms with E-state index in [-0.39, 0.29) is 18.8 Å².